The zero-order chi connectivity index (χ0) is 14.0. The van der Waals surface area contributed by atoms with Crippen LogP contribution in [0.25, 0.3) is 0 Å². The molecule has 1 aromatic rings. The molecule has 0 saturated carbocycles. The van der Waals surface area contributed by atoms with Crippen molar-refractivity contribution in [3.8, 4) is 6.07 Å². The van der Waals surface area contributed by atoms with Crippen molar-refractivity contribution in [2.24, 2.45) is 11.7 Å². The van der Waals surface area contributed by atoms with Crippen LogP contribution in [0.1, 0.15) is 25.3 Å². The SMILES string of the molecule is CC1CCCN(S(=O)(=O)c2ccc(C#N)cc2)C1N. The minimum absolute atomic E-state index is 0.155. The number of sulfonamides is 1. The topological polar surface area (TPSA) is 87.2 Å². The lowest BCUT2D eigenvalue weighted by Gasteiger charge is -2.36. The van der Waals surface area contributed by atoms with Gasteiger partial charge in [0.15, 0.2) is 0 Å². The lowest BCUT2D eigenvalue weighted by Crippen LogP contribution is -2.52. The van der Waals surface area contributed by atoms with Crippen molar-refractivity contribution in [3.05, 3.63) is 29.8 Å². The van der Waals surface area contributed by atoms with Crippen molar-refractivity contribution in [2.45, 2.75) is 30.8 Å². The van der Waals surface area contributed by atoms with E-state index >= 15 is 0 Å². The van der Waals surface area contributed by atoms with Gasteiger partial charge in [0.1, 0.15) is 0 Å². The van der Waals surface area contributed by atoms with Gasteiger partial charge in [-0.15, -0.1) is 0 Å². The van der Waals surface area contributed by atoms with Gasteiger partial charge in [-0.1, -0.05) is 6.92 Å². The molecule has 0 aromatic heterocycles. The maximum atomic E-state index is 12.5. The standard InChI is InChI=1S/C13H17N3O2S/c1-10-3-2-8-16(13(10)15)19(17,18)12-6-4-11(9-14)5-7-12/h4-7,10,13H,2-3,8,15H2,1H3. The van der Waals surface area contributed by atoms with Gasteiger partial charge in [-0.2, -0.15) is 9.57 Å². The number of nitrogens with zero attached hydrogens (tertiary/aromatic N) is 2. The second-order valence-electron chi connectivity index (χ2n) is 4.86. The molecule has 1 heterocycles. The molecule has 1 aliphatic rings. The van der Waals surface area contributed by atoms with E-state index in [4.69, 9.17) is 11.0 Å². The van der Waals surface area contributed by atoms with Gasteiger partial charge in [0.05, 0.1) is 22.7 Å². The molecule has 0 spiro atoms. The summed E-state index contributed by atoms with van der Waals surface area (Å²) in [6.07, 6.45) is 1.29. The zero-order valence-corrected chi connectivity index (χ0v) is 11.6. The molecular weight excluding hydrogens is 262 g/mol. The Bertz CT molecular complexity index is 589. The molecule has 0 radical (unpaired) electrons. The molecule has 6 heteroatoms. The molecule has 0 aliphatic carbocycles. The van der Waals surface area contributed by atoms with E-state index in [-0.39, 0.29) is 10.8 Å². The lowest BCUT2D eigenvalue weighted by molar-refractivity contribution is 0.192. The second kappa shape index (κ2) is 5.29. The van der Waals surface area contributed by atoms with E-state index < -0.39 is 16.2 Å². The molecule has 2 unspecified atom stereocenters. The molecule has 1 aliphatic heterocycles. The predicted molar refractivity (Wildman–Crippen MR) is 71.4 cm³/mol. The summed E-state index contributed by atoms with van der Waals surface area (Å²) in [5.41, 5.74) is 6.44. The maximum absolute atomic E-state index is 12.5. The minimum Gasteiger partial charge on any atom is -0.315 e. The molecule has 0 bridgehead atoms. The zero-order valence-electron chi connectivity index (χ0n) is 10.8. The van der Waals surface area contributed by atoms with Crippen LogP contribution in [-0.2, 0) is 10.0 Å². The van der Waals surface area contributed by atoms with Crippen molar-refractivity contribution in [3.63, 3.8) is 0 Å². The van der Waals surface area contributed by atoms with Crippen molar-refractivity contribution in [1.29, 1.82) is 5.26 Å². The van der Waals surface area contributed by atoms with Crippen LogP contribution in [0.15, 0.2) is 29.2 Å². The van der Waals surface area contributed by atoms with Crippen molar-refractivity contribution < 1.29 is 8.42 Å². The Morgan fingerprint density at radius 3 is 2.58 bits per heavy atom. The fourth-order valence-electron chi connectivity index (χ4n) is 2.29. The number of piperidine rings is 1. The molecular formula is C13H17N3O2S. The predicted octanol–water partition coefficient (Wildman–Crippen LogP) is 1.26. The largest absolute Gasteiger partial charge is 0.315 e. The number of rotatable bonds is 2. The smallest absolute Gasteiger partial charge is 0.244 e. The molecule has 1 aromatic carbocycles. The van der Waals surface area contributed by atoms with Crippen LogP contribution in [-0.4, -0.2) is 25.4 Å². The van der Waals surface area contributed by atoms with E-state index in [0.29, 0.717) is 12.1 Å². The maximum Gasteiger partial charge on any atom is 0.244 e. The van der Waals surface area contributed by atoms with Gasteiger partial charge >= 0.3 is 0 Å². The molecule has 0 amide bonds. The highest BCUT2D eigenvalue weighted by Crippen LogP contribution is 2.26. The van der Waals surface area contributed by atoms with E-state index in [1.165, 1.54) is 28.6 Å². The summed E-state index contributed by atoms with van der Waals surface area (Å²) >= 11 is 0. The fourth-order valence-corrected chi connectivity index (χ4v) is 3.94. The Kier molecular flexibility index (Phi) is 3.90. The van der Waals surface area contributed by atoms with Crippen molar-refractivity contribution in [2.75, 3.05) is 6.54 Å². The molecule has 1 fully saturated rings. The van der Waals surface area contributed by atoms with Gasteiger partial charge < -0.3 is 5.73 Å². The Hall–Kier alpha value is -1.42. The summed E-state index contributed by atoms with van der Waals surface area (Å²) < 4.78 is 26.4. The van der Waals surface area contributed by atoms with E-state index in [2.05, 4.69) is 0 Å². The summed E-state index contributed by atoms with van der Waals surface area (Å²) in [5.74, 6) is 0.155. The van der Waals surface area contributed by atoms with Crippen LogP contribution in [0.4, 0.5) is 0 Å². The monoisotopic (exact) mass is 279 g/mol. The van der Waals surface area contributed by atoms with E-state index in [1.807, 2.05) is 13.0 Å². The number of nitrogens with two attached hydrogens (primary N) is 1. The van der Waals surface area contributed by atoms with Crippen LogP contribution >= 0.6 is 0 Å². The molecule has 19 heavy (non-hydrogen) atoms. The van der Waals surface area contributed by atoms with Crippen LogP contribution in [0.3, 0.4) is 0 Å². The summed E-state index contributed by atoms with van der Waals surface area (Å²) in [6.45, 7) is 2.42. The number of benzene rings is 1. The first-order valence-electron chi connectivity index (χ1n) is 6.24. The third-order valence-corrected chi connectivity index (χ3v) is 5.45. The Morgan fingerprint density at radius 2 is 2.00 bits per heavy atom. The van der Waals surface area contributed by atoms with Gasteiger partial charge in [0.25, 0.3) is 0 Å². The van der Waals surface area contributed by atoms with Gasteiger partial charge in [0.2, 0.25) is 10.0 Å². The van der Waals surface area contributed by atoms with Gasteiger partial charge in [-0.25, -0.2) is 8.42 Å². The molecule has 102 valence electrons. The first kappa shape index (κ1) is 14.0. The summed E-state index contributed by atoms with van der Waals surface area (Å²) in [6, 6.07) is 7.90. The van der Waals surface area contributed by atoms with Gasteiger partial charge in [0, 0.05) is 6.54 Å². The number of nitriles is 1. The Morgan fingerprint density at radius 1 is 1.37 bits per heavy atom. The Labute approximate surface area is 113 Å². The van der Waals surface area contributed by atoms with Crippen LogP contribution in [0, 0.1) is 17.2 Å². The van der Waals surface area contributed by atoms with E-state index in [0.717, 1.165) is 12.8 Å². The quantitative estimate of drug-likeness (QED) is 0.883. The minimum atomic E-state index is -3.57. The van der Waals surface area contributed by atoms with Crippen molar-refractivity contribution in [1.82, 2.24) is 4.31 Å². The Balaban J connectivity index is 2.33. The average molecular weight is 279 g/mol. The third kappa shape index (κ3) is 2.63. The van der Waals surface area contributed by atoms with Crippen LogP contribution in [0.2, 0.25) is 0 Å². The fraction of sp³-hybridized carbons (Fsp3) is 0.462. The summed E-state index contributed by atoms with van der Waals surface area (Å²) in [5, 5.41) is 8.73. The van der Waals surface area contributed by atoms with Gasteiger partial charge in [-0.05, 0) is 43.0 Å². The average Bonchev–Trinajstić information content (AvgIpc) is 2.41. The summed E-state index contributed by atoms with van der Waals surface area (Å²) in [7, 11) is -3.57. The van der Waals surface area contributed by atoms with E-state index in [9.17, 15) is 8.42 Å². The number of hydrogen-bond donors (Lipinski definition) is 1. The highest BCUT2D eigenvalue weighted by Gasteiger charge is 2.34. The van der Waals surface area contributed by atoms with Crippen LogP contribution in [0.5, 0.6) is 0 Å². The normalized spacial score (nSPS) is 24.9. The molecule has 1 saturated heterocycles. The molecule has 2 rings (SSSR count). The first-order chi connectivity index (χ1) is 8.96. The number of hydrogen-bond acceptors (Lipinski definition) is 4. The highest BCUT2D eigenvalue weighted by atomic mass is 32.2. The lowest BCUT2D eigenvalue weighted by atomic mass is 9.99. The van der Waals surface area contributed by atoms with Gasteiger partial charge in [-0.3, -0.25) is 0 Å². The molecule has 2 atom stereocenters. The molecule has 2 N–H and O–H groups in total. The molecule has 5 nitrogen and oxygen atoms in total. The second-order valence-corrected chi connectivity index (χ2v) is 6.75. The summed E-state index contributed by atoms with van der Waals surface area (Å²) in [4.78, 5) is 0.191. The third-order valence-electron chi connectivity index (χ3n) is 3.54. The highest BCUT2D eigenvalue weighted by molar-refractivity contribution is 7.89. The van der Waals surface area contributed by atoms with Crippen molar-refractivity contribution >= 4 is 10.0 Å². The van der Waals surface area contributed by atoms with Crippen LogP contribution < -0.4 is 5.73 Å². The first-order valence-corrected chi connectivity index (χ1v) is 7.68. The van der Waals surface area contributed by atoms with E-state index in [1.54, 1.807) is 0 Å².